The van der Waals surface area contributed by atoms with Crippen molar-refractivity contribution in [3.8, 4) is 5.75 Å². The van der Waals surface area contributed by atoms with Gasteiger partial charge in [0.2, 0.25) is 0 Å². The van der Waals surface area contributed by atoms with Crippen LogP contribution < -0.4 is 4.74 Å². The van der Waals surface area contributed by atoms with Gasteiger partial charge in [0.25, 0.3) is 17.8 Å². The van der Waals surface area contributed by atoms with Gasteiger partial charge in [0, 0.05) is 7.05 Å². The number of ether oxygens (including phenoxy) is 1. The van der Waals surface area contributed by atoms with Gasteiger partial charge in [-0.1, -0.05) is 28.7 Å². The van der Waals surface area contributed by atoms with Crippen LogP contribution in [0.4, 0.5) is 4.79 Å². The number of hydrogen-bond donors (Lipinski definition) is 0. The first-order valence-corrected chi connectivity index (χ1v) is 6.95. The summed E-state index contributed by atoms with van der Waals surface area (Å²) in [4.78, 5) is 30.9. The SMILES string of the molecule is CN1C(=O)C2N=C(Oc3ccccc3Cl)[N+](C)=C2N(C)C1=O. The van der Waals surface area contributed by atoms with E-state index >= 15 is 0 Å². The summed E-state index contributed by atoms with van der Waals surface area (Å²) in [6, 6.07) is 6.00. The summed E-state index contributed by atoms with van der Waals surface area (Å²) in [5.41, 5.74) is 0. The molecule has 2 aliphatic heterocycles. The van der Waals surface area contributed by atoms with Crippen molar-refractivity contribution < 1.29 is 18.9 Å². The molecule has 8 heteroatoms. The number of amidine groups is 2. The number of aliphatic imine (C=N–C) groups is 1. The van der Waals surface area contributed by atoms with E-state index in [1.807, 2.05) is 0 Å². The lowest BCUT2D eigenvalue weighted by Crippen LogP contribution is -2.59. The monoisotopic (exact) mass is 321 g/mol. The number of likely N-dealkylation sites (N-methyl/N-ethyl adjacent to an activating group) is 2. The Hall–Kier alpha value is -2.41. The largest absolute Gasteiger partial charge is 0.435 e. The van der Waals surface area contributed by atoms with Gasteiger partial charge in [-0.25, -0.2) is 9.69 Å². The smallest absolute Gasteiger partial charge is 0.400 e. The van der Waals surface area contributed by atoms with Gasteiger partial charge in [0.1, 0.15) is 0 Å². The topological polar surface area (TPSA) is 65.2 Å². The summed E-state index contributed by atoms with van der Waals surface area (Å²) in [5.74, 6) is 0.515. The number of imide groups is 1. The minimum atomic E-state index is -0.782. The maximum Gasteiger partial charge on any atom is 0.435 e. The van der Waals surface area contributed by atoms with Gasteiger partial charge in [0.05, 0.1) is 19.1 Å². The van der Waals surface area contributed by atoms with Crippen LogP contribution in [0.3, 0.4) is 0 Å². The normalized spacial score (nSPS) is 21.3. The predicted octanol–water partition coefficient (Wildman–Crippen LogP) is 1.02. The summed E-state index contributed by atoms with van der Waals surface area (Å²) in [7, 11) is 4.71. The van der Waals surface area contributed by atoms with E-state index in [0.717, 1.165) is 4.90 Å². The maximum absolute atomic E-state index is 12.2. The first-order chi connectivity index (χ1) is 10.4. The van der Waals surface area contributed by atoms with E-state index in [1.165, 1.54) is 11.9 Å². The highest BCUT2D eigenvalue weighted by Gasteiger charge is 2.52. The third kappa shape index (κ3) is 2.05. The van der Waals surface area contributed by atoms with Gasteiger partial charge in [-0.15, -0.1) is 0 Å². The number of carbonyl (C=O) groups is 2. The zero-order valence-corrected chi connectivity index (χ0v) is 13.0. The first kappa shape index (κ1) is 14.5. The molecule has 7 nitrogen and oxygen atoms in total. The predicted molar refractivity (Wildman–Crippen MR) is 80.4 cm³/mol. The Balaban J connectivity index is 1.99. The van der Waals surface area contributed by atoms with E-state index in [1.54, 1.807) is 42.9 Å². The molecule has 22 heavy (non-hydrogen) atoms. The van der Waals surface area contributed by atoms with E-state index in [4.69, 9.17) is 16.3 Å². The number of amides is 3. The second-order valence-corrected chi connectivity index (χ2v) is 5.41. The Kier molecular flexibility index (Phi) is 3.37. The summed E-state index contributed by atoms with van der Waals surface area (Å²) >= 11 is 6.06. The minimum Gasteiger partial charge on any atom is -0.400 e. The first-order valence-electron chi connectivity index (χ1n) is 6.58. The van der Waals surface area contributed by atoms with Crippen molar-refractivity contribution in [2.75, 3.05) is 21.1 Å². The standard InChI is InChI=1S/C14H14ClN4O3/c1-17-11-10(12(20)19(3)14(21)18(11)2)16-13(17)22-9-7-5-4-6-8(9)15/h4-7,10H,1-3H3/q+1. The molecule has 1 fully saturated rings. The van der Waals surface area contributed by atoms with Crippen molar-refractivity contribution in [3.05, 3.63) is 29.3 Å². The van der Waals surface area contributed by atoms with Crippen LogP contribution in [0.5, 0.6) is 5.75 Å². The Morgan fingerprint density at radius 3 is 2.59 bits per heavy atom. The number of benzene rings is 1. The molecule has 1 aromatic carbocycles. The molecule has 114 valence electrons. The zero-order valence-electron chi connectivity index (χ0n) is 12.3. The quantitative estimate of drug-likeness (QED) is 0.725. The second-order valence-electron chi connectivity index (χ2n) is 5.00. The molecule has 0 bridgehead atoms. The number of rotatable bonds is 1. The highest BCUT2D eigenvalue weighted by atomic mass is 35.5. The van der Waals surface area contributed by atoms with Crippen LogP contribution >= 0.6 is 11.6 Å². The maximum atomic E-state index is 12.2. The minimum absolute atomic E-state index is 0.219. The van der Waals surface area contributed by atoms with Crippen molar-refractivity contribution in [3.63, 3.8) is 0 Å². The van der Waals surface area contributed by atoms with Crippen LogP contribution in [0, 0.1) is 0 Å². The highest BCUT2D eigenvalue weighted by molar-refractivity contribution is 6.32. The fraction of sp³-hybridized carbons (Fsp3) is 0.286. The van der Waals surface area contributed by atoms with Gasteiger partial charge >= 0.3 is 12.1 Å². The lowest BCUT2D eigenvalue weighted by atomic mass is 10.2. The van der Waals surface area contributed by atoms with E-state index in [2.05, 4.69) is 4.99 Å². The molecule has 1 saturated heterocycles. The van der Waals surface area contributed by atoms with Gasteiger partial charge in [0.15, 0.2) is 5.75 Å². The molecule has 0 N–H and O–H groups in total. The third-order valence-corrected chi connectivity index (χ3v) is 3.95. The van der Waals surface area contributed by atoms with Crippen LogP contribution in [0.1, 0.15) is 0 Å². The van der Waals surface area contributed by atoms with Gasteiger partial charge in [-0.05, 0) is 12.1 Å². The summed E-state index contributed by atoms with van der Waals surface area (Å²) in [6.07, 6.45) is 0. The number of nitrogens with zero attached hydrogens (tertiary/aromatic N) is 4. The van der Waals surface area contributed by atoms with E-state index in [0.29, 0.717) is 16.6 Å². The Labute approximate surface area is 132 Å². The molecule has 2 aliphatic rings. The molecule has 1 atom stereocenters. The lowest BCUT2D eigenvalue weighted by molar-refractivity contribution is -0.390. The summed E-state index contributed by atoms with van der Waals surface area (Å²) < 4.78 is 7.27. The number of para-hydroxylation sites is 1. The number of fused-ring (bicyclic) bond motifs is 1. The molecule has 0 aliphatic carbocycles. The van der Waals surface area contributed by atoms with Crippen molar-refractivity contribution in [1.82, 2.24) is 9.80 Å². The van der Waals surface area contributed by atoms with E-state index in [9.17, 15) is 9.59 Å². The van der Waals surface area contributed by atoms with Crippen molar-refractivity contribution >= 4 is 35.4 Å². The fourth-order valence-corrected chi connectivity index (χ4v) is 2.61. The van der Waals surface area contributed by atoms with Crippen molar-refractivity contribution in [2.45, 2.75) is 6.04 Å². The molecule has 2 heterocycles. The van der Waals surface area contributed by atoms with E-state index < -0.39 is 12.1 Å². The molecular weight excluding hydrogens is 308 g/mol. The van der Waals surface area contributed by atoms with Crippen LogP contribution in [0.2, 0.25) is 5.02 Å². The molecule has 0 saturated carbocycles. The van der Waals surface area contributed by atoms with Crippen molar-refractivity contribution in [1.29, 1.82) is 0 Å². The van der Waals surface area contributed by atoms with Gasteiger partial charge < -0.3 is 4.74 Å². The number of carbonyl (C=O) groups excluding carboxylic acids is 2. The van der Waals surface area contributed by atoms with Crippen LogP contribution in [-0.2, 0) is 4.79 Å². The molecule has 0 spiro atoms. The highest BCUT2D eigenvalue weighted by Crippen LogP contribution is 2.25. The molecule has 1 unspecified atom stereocenters. The zero-order chi connectivity index (χ0) is 16.0. The summed E-state index contributed by atoms with van der Waals surface area (Å²) in [6.45, 7) is 0. The third-order valence-electron chi connectivity index (χ3n) is 3.63. The molecule has 0 radical (unpaired) electrons. The lowest BCUT2D eigenvalue weighted by Gasteiger charge is -2.27. The van der Waals surface area contributed by atoms with Gasteiger partial charge in [-0.3, -0.25) is 9.69 Å². The number of urea groups is 1. The van der Waals surface area contributed by atoms with Crippen molar-refractivity contribution in [2.24, 2.45) is 4.99 Å². The van der Waals surface area contributed by atoms with E-state index in [-0.39, 0.29) is 11.9 Å². The summed E-state index contributed by atoms with van der Waals surface area (Å²) in [5, 5.41) is 0.436. The average Bonchev–Trinajstić information content (AvgIpc) is 2.82. The Bertz CT molecular complexity index is 743. The second kappa shape index (κ2) is 5.10. The van der Waals surface area contributed by atoms with Crippen LogP contribution in [-0.4, -0.2) is 65.4 Å². The molecule has 1 aromatic rings. The average molecular weight is 322 g/mol. The molecule has 3 rings (SSSR count). The number of halogens is 1. The molecule has 3 amide bonds. The van der Waals surface area contributed by atoms with Gasteiger partial charge in [-0.2, -0.15) is 4.58 Å². The fourth-order valence-electron chi connectivity index (χ4n) is 2.43. The van der Waals surface area contributed by atoms with Crippen LogP contribution in [0.15, 0.2) is 29.3 Å². The Morgan fingerprint density at radius 1 is 1.23 bits per heavy atom. The molecular formula is C14H14ClN4O3+. The Morgan fingerprint density at radius 2 is 1.91 bits per heavy atom. The van der Waals surface area contributed by atoms with Crippen LogP contribution in [0.25, 0.3) is 0 Å². The number of hydrogen-bond acceptors (Lipinski definition) is 4. The molecule has 0 aromatic heterocycles.